The summed E-state index contributed by atoms with van der Waals surface area (Å²) in [6.45, 7) is 2.41. The molecule has 0 spiro atoms. The van der Waals surface area contributed by atoms with Gasteiger partial charge in [0.05, 0.1) is 17.6 Å². The molecule has 35 heavy (non-hydrogen) atoms. The summed E-state index contributed by atoms with van der Waals surface area (Å²) in [5.74, 6) is 0.521. The number of aromatic nitrogens is 2. The largest absolute Gasteiger partial charge is 0.378 e. The Hall–Kier alpha value is -3.88. The molecule has 0 bridgehead atoms. The first-order chi connectivity index (χ1) is 16.8. The van der Waals surface area contributed by atoms with Gasteiger partial charge < -0.3 is 27.0 Å². The van der Waals surface area contributed by atoms with Gasteiger partial charge in [0.2, 0.25) is 5.82 Å². The predicted octanol–water partition coefficient (Wildman–Crippen LogP) is 2.93. The van der Waals surface area contributed by atoms with E-state index in [0.29, 0.717) is 17.9 Å². The van der Waals surface area contributed by atoms with E-state index in [9.17, 15) is 4.79 Å². The minimum Gasteiger partial charge on any atom is -0.378 e. The van der Waals surface area contributed by atoms with Gasteiger partial charge in [-0.2, -0.15) is 0 Å². The second-order valence-electron chi connectivity index (χ2n) is 9.32. The number of benzene rings is 2. The highest BCUT2D eigenvalue weighted by Crippen LogP contribution is 2.28. The van der Waals surface area contributed by atoms with E-state index in [1.54, 1.807) is 0 Å². The summed E-state index contributed by atoms with van der Waals surface area (Å²) in [5.41, 5.74) is 15.3. The van der Waals surface area contributed by atoms with Crippen LogP contribution in [0.1, 0.15) is 47.4 Å². The molecule has 6 N–H and O–H groups in total. The molecular weight excluding hydrogens is 440 g/mol. The van der Waals surface area contributed by atoms with Gasteiger partial charge in [0.1, 0.15) is 5.82 Å². The van der Waals surface area contributed by atoms with Gasteiger partial charge in [-0.3, -0.25) is 4.79 Å². The summed E-state index contributed by atoms with van der Waals surface area (Å²) in [6, 6.07) is 14.0. The first-order valence-electron chi connectivity index (χ1n) is 12.0. The maximum atomic E-state index is 13.0. The number of guanidine groups is 1. The molecule has 2 unspecified atom stereocenters. The lowest BCUT2D eigenvalue weighted by Gasteiger charge is -2.30. The van der Waals surface area contributed by atoms with Gasteiger partial charge in [-0.05, 0) is 49.6 Å². The summed E-state index contributed by atoms with van der Waals surface area (Å²) < 4.78 is 0. The molecule has 1 fully saturated rings. The van der Waals surface area contributed by atoms with Crippen molar-refractivity contribution in [3.05, 3.63) is 59.4 Å². The molecule has 1 heterocycles. The maximum absolute atomic E-state index is 13.0. The van der Waals surface area contributed by atoms with Crippen molar-refractivity contribution in [2.45, 2.75) is 51.2 Å². The molecule has 3 aromatic rings. The van der Waals surface area contributed by atoms with Crippen LogP contribution in [0.15, 0.2) is 47.5 Å². The van der Waals surface area contributed by atoms with Crippen molar-refractivity contribution in [1.29, 1.82) is 0 Å². The maximum Gasteiger partial charge on any atom is 0.289 e. The number of hydrogen-bond donors (Lipinski definition) is 4. The summed E-state index contributed by atoms with van der Waals surface area (Å²) >= 11 is 0. The highest BCUT2D eigenvalue weighted by molar-refractivity contribution is 5.96. The fourth-order valence-electron chi connectivity index (χ4n) is 4.43. The van der Waals surface area contributed by atoms with Crippen LogP contribution in [-0.2, 0) is 6.54 Å². The van der Waals surface area contributed by atoms with E-state index in [0.717, 1.165) is 47.9 Å². The molecule has 0 radical (unpaired) electrons. The molecule has 0 saturated heterocycles. The Balaban J connectivity index is 1.58. The zero-order valence-electron chi connectivity index (χ0n) is 20.6. The molecule has 4 rings (SSSR count). The Bertz CT molecular complexity index is 1220. The lowest BCUT2D eigenvalue weighted by molar-refractivity contribution is 0.0941. The second kappa shape index (κ2) is 10.6. The van der Waals surface area contributed by atoms with Gasteiger partial charge in [-0.25, -0.2) is 15.0 Å². The van der Waals surface area contributed by atoms with E-state index >= 15 is 0 Å². The predicted molar refractivity (Wildman–Crippen MR) is 142 cm³/mol. The average molecular weight is 475 g/mol. The molecule has 0 aliphatic heterocycles. The van der Waals surface area contributed by atoms with E-state index in [1.807, 2.05) is 68.4 Å². The third-order valence-corrected chi connectivity index (χ3v) is 6.33. The van der Waals surface area contributed by atoms with Gasteiger partial charge >= 0.3 is 0 Å². The van der Waals surface area contributed by atoms with Gasteiger partial charge in [-0.15, -0.1) is 0 Å². The number of aliphatic imine (C=N–C) groups is 1. The van der Waals surface area contributed by atoms with Crippen LogP contribution in [-0.4, -0.2) is 48.0 Å². The summed E-state index contributed by atoms with van der Waals surface area (Å²) in [7, 11) is 3.99. The number of fused-ring (bicyclic) bond motifs is 1. The van der Waals surface area contributed by atoms with Crippen LogP contribution in [0.3, 0.4) is 0 Å². The van der Waals surface area contributed by atoms with Gasteiger partial charge in [-0.1, -0.05) is 36.6 Å². The molecule has 9 heteroatoms. The lowest BCUT2D eigenvalue weighted by atomic mass is 9.90. The van der Waals surface area contributed by atoms with Crippen LogP contribution >= 0.6 is 0 Å². The molecule has 1 aliphatic carbocycles. The second-order valence-corrected chi connectivity index (χ2v) is 9.32. The number of amides is 1. The minimum absolute atomic E-state index is 0.0237. The van der Waals surface area contributed by atoms with Gasteiger partial charge in [0, 0.05) is 31.7 Å². The number of nitrogens with two attached hydrogens (primary N) is 2. The molecule has 1 amide bonds. The smallest absolute Gasteiger partial charge is 0.289 e. The van der Waals surface area contributed by atoms with Crippen molar-refractivity contribution in [3.63, 3.8) is 0 Å². The molecule has 1 saturated carbocycles. The number of nitrogens with one attached hydrogen (secondary N) is 2. The van der Waals surface area contributed by atoms with E-state index in [4.69, 9.17) is 11.5 Å². The van der Waals surface area contributed by atoms with Crippen LogP contribution < -0.4 is 27.0 Å². The summed E-state index contributed by atoms with van der Waals surface area (Å²) in [6.07, 6.45) is 3.98. The van der Waals surface area contributed by atoms with E-state index in [2.05, 4.69) is 25.6 Å². The highest BCUT2D eigenvalue weighted by atomic mass is 16.2. The third-order valence-electron chi connectivity index (χ3n) is 6.33. The number of aryl methyl sites for hydroxylation is 1. The van der Waals surface area contributed by atoms with E-state index in [1.165, 1.54) is 0 Å². The van der Waals surface area contributed by atoms with Crippen molar-refractivity contribution in [3.8, 4) is 0 Å². The SMILES string of the molecule is Cc1ccc2nc(C(=O)NCc3ccc(N(C)C)cc3)nc(NC3CCCCC3N=C(N)N)c2c1. The molecule has 1 aliphatic rings. The molecule has 2 atom stereocenters. The van der Waals surface area contributed by atoms with Crippen molar-refractivity contribution >= 4 is 34.3 Å². The average Bonchev–Trinajstić information content (AvgIpc) is 2.83. The molecule has 184 valence electrons. The number of nitrogens with zero attached hydrogens (tertiary/aromatic N) is 4. The van der Waals surface area contributed by atoms with Crippen molar-refractivity contribution in [2.75, 3.05) is 24.3 Å². The molecular formula is C26H34N8O. The first-order valence-corrected chi connectivity index (χ1v) is 12.0. The Morgan fingerprint density at radius 1 is 1.09 bits per heavy atom. The van der Waals surface area contributed by atoms with Crippen molar-refractivity contribution in [1.82, 2.24) is 15.3 Å². The van der Waals surface area contributed by atoms with Crippen LogP contribution in [0.25, 0.3) is 10.9 Å². The molecule has 2 aromatic carbocycles. The normalized spacial score (nSPS) is 17.6. The van der Waals surface area contributed by atoms with Crippen molar-refractivity contribution < 1.29 is 4.79 Å². The zero-order chi connectivity index (χ0) is 24.9. The topological polar surface area (TPSA) is 135 Å². The Labute approximate surface area is 206 Å². The number of carbonyl (C=O) groups is 1. The summed E-state index contributed by atoms with van der Waals surface area (Å²) in [5, 5.41) is 7.35. The number of hydrogen-bond acceptors (Lipinski definition) is 6. The van der Waals surface area contributed by atoms with Gasteiger partial charge in [0.15, 0.2) is 5.96 Å². The fourth-order valence-corrected chi connectivity index (χ4v) is 4.43. The molecule has 1 aromatic heterocycles. The van der Waals surface area contributed by atoms with Gasteiger partial charge in [0.25, 0.3) is 5.91 Å². The third kappa shape index (κ3) is 5.98. The van der Waals surface area contributed by atoms with Crippen LogP contribution in [0, 0.1) is 6.92 Å². The van der Waals surface area contributed by atoms with E-state index in [-0.39, 0.29) is 29.8 Å². The highest BCUT2D eigenvalue weighted by Gasteiger charge is 2.26. The number of anilines is 2. The van der Waals surface area contributed by atoms with Crippen molar-refractivity contribution in [2.24, 2.45) is 16.5 Å². The quantitative estimate of drug-likeness (QED) is 0.305. The Morgan fingerprint density at radius 3 is 2.54 bits per heavy atom. The number of rotatable bonds is 7. The van der Waals surface area contributed by atoms with Crippen LogP contribution in [0.4, 0.5) is 11.5 Å². The lowest BCUT2D eigenvalue weighted by Crippen LogP contribution is -2.38. The minimum atomic E-state index is -0.323. The monoisotopic (exact) mass is 474 g/mol. The first kappa shape index (κ1) is 24.3. The van der Waals surface area contributed by atoms with Crippen LogP contribution in [0.2, 0.25) is 0 Å². The Morgan fingerprint density at radius 2 is 1.83 bits per heavy atom. The number of carbonyl (C=O) groups excluding carboxylic acids is 1. The standard InChI is InChI=1S/C26H34N8O/c1-16-8-13-20-19(14-16)23(31-21-6-4-5-7-22(21)32-26(27)28)33-24(30-20)25(35)29-15-17-9-11-18(12-10-17)34(2)3/h8-14,21-22H,4-7,15H2,1-3H3,(H,29,35)(H4,27,28,32)(H,30,31,33). The molecule has 9 nitrogen and oxygen atoms in total. The fraction of sp³-hybridized carbons (Fsp3) is 0.385. The summed E-state index contributed by atoms with van der Waals surface area (Å²) in [4.78, 5) is 28.7. The van der Waals surface area contributed by atoms with Crippen LogP contribution in [0.5, 0.6) is 0 Å². The van der Waals surface area contributed by atoms with E-state index < -0.39 is 0 Å². The Kier molecular flexibility index (Phi) is 7.33. The zero-order valence-corrected chi connectivity index (χ0v) is 20.6.